The van der Waals surface area contributed by atoms with Crippen LogP contribution < -0.4 is 4.72 Å². The Hall–Kier alpha value is -0.880. The van der Waals surface area contributed by atoms with Gasteiger partial charge in [0.15, 0.2) is 0 Å². The van der Waals surface area contributed by atoms with Crippen LogP contribution in [0.25, 0.3) is 0 Å². The van der Waals surface area contributed by atoms with Gasteiger partial charge >= 0.3 is 0 Å². The summed E-state index contributed by atoms with van der Waals surface area (Å²) in [5.41, 5.74) is 1.86. The fraction of sp³-hybridized carbons (Fsp3) is 0.812. The summed E-state index contributed by atoms with van der Waals surface area (Å²) in [6, 6.07) is -0.137. The Labute approximate surface area is 132 Å². The molecule has 2 atom stereocenters. The van der Waals surface area contributed by atoms with Crippen molar-refractivity contribution >= 4 is 10.0 Å². The third-order valence-electron chi connectivity index (χ3n) is 5.44. The van der Waals surface area contributed by atoms with Crippen molar-refractivity contribution in [1.82, 2.24) is 9.88 Å². The summed E-state index contributed by atoms with van der Waals surface area (Å²) >= 11 is 0. The fourth-order valence-electron chi connectivity index (χ4n) is 4.21. The lowest BCUT2D eigenvalue weighted by Crippen LogP contribution is -2.48. The van der Waals surface area contributed by atoms with Gasteiger partial charge in [-0.25, -0.2) is 13.1 Å². The molecule has 1 N–H and O–H groups in total. The number of fused-ring (bicyclic) bond motifs is 3. The first kappa shape index (κ1) is 16.0. The van der Waals surface area contributed by atoms with E-state index < -0.39 is 10.0 Å². The van der Waals surface area contributed by atoms with Crippen LogP contribution in [0.15, 0.2) is 4.52 Å². The van der Waals surface area contributed by atoms with E-state index in [1.54, 1.807) is 0 Å². The third kappa shape index (κ3) is 3.08. The lowest BCUT2D eigenvalue weighted by molar-refractivity contribution is 0.178. The quantitative estimate of drug-likeness (QED) is 0.903. The van der Waals surface area contributed by atoms with E-state index in [2.05, 4.69) is 9.88 Å². The number of rotatable bonds is 5. The van der Waals surface area contributed by atoms with Crippen molar-refractivity contribution in [2.45, 2.75) is 70.6 Å². The average molecular weight is 326 g/mol. The maximum absolute atomic E-state index is 12.7. The van der Waals surface area contributed by atoms with Gasteiger partial charge in [-0.2, -0.15) is 0 Å². The Morgan fingerprint density at radius 2 is 1.95 bits per heavy atom. The highest BCUT2D eigenvalue weighted by molar-refractivity contribution is 7.90. The molecule has 3 fully saturated rings. The minimum atomic E-state index is -3.24. The summed E-state index contributed by atoms with van der Waals surface area (Å²) in [5, 5.41) is 3.75. The molecular formula is C16H26N2O3S. The van der Waals surface area contributed by atoms with E-state index in [4.69, 9.17) is 4.52 Å². The van der Waals surface area contributed by atoms with E-state index in [9.17, 15) is 8.42 Å². The Balaban J connectivity index is 1.66. The monoisotopic (exact) mass is 326 g/mol. The minimum Gasteiger partial charge on any atom is -0.361 e. The maximum atomic E-state index is 12.7. The molecule has 4 rings (SSSR count). The Morgan fingerprint density at radius 1 is 1.27 bits per heavy atom. The van der Waals surface area contributed by atoms with Crippen LogP contribution in [0, 0.1) is 25.7 Å². The highest BCUT2D eigenvalue weighted by atomic mass is 32.2. The summed E-state index contributed by atoms with van der Waals surface area (Å²) in [4.78, 5) is 0. The van der Waals surface area contributed by atoms with Crippen LogP contribution in [0.5, 0.6) is 0 Å². The first-order chi connectivity index (χ1) is 10.4. The first-order valence-corrected chi connectivity index (χ1v) is 9.84. The highest BCUT2D eigenvalue weighted by Gasteiger charge is 2.42. The molecule has 1 aromatic heterocycles. The summed E-state index contributed by atoms with van der Waals surface area (Å²) < 4.78 is 33.5. The van der Waals surface area contributed by atoms with Crippen molar-refractivity contribution in [2.75, 3.05) is 0 Å². The van der Waals surface area contributed by atoms with Gasteiger partial charge in [0.1, 0.15) is 5.76 Å². The van der Waals surface area contributed by atoms with Gasteiger partial charge in [0.25, 0.3) is 0 Å². The minimum absolute atomic E-state index is 0.137. The Morgan fingerprint density at radius 3 is 2.45 bits per heavy atom. The number of nitrogens with zero attached hydrogens (tertiary/aromatic N) is 1. The molecule has 0 aromatic carbocycles. The third-order valence-corrected chi connectivity index (χ3v) is 7.54. The van der Waals surface area contributed by atoms with Crippen molar-refractivity contribution in [2.24, 2.45) is 11.8 Å². The zero-order valence-electron chi connectivity index (χ0n) is 13.6. The smallest absolute Gasteiger partial charge is 0.215 e. The second-order valence-electron chi connectivity index (χ2n) is 7.13. The van der Waals surface area contributed by atoms with Gasteiger partial charge in [0.2, 0.25) is 10.0 Å². The summed E-state index contributed by atoms with van der Waals surface area (Å²) in [7, 11) is -3.24. The van der Waals surface area contributed by atoms with Crippen LogP contribution in [0.4, 0.5) is 0 Å². The van der Waals surface area contributed by atoms with E-state index in [-0.39, 0.29) is 11.3 Å². The van der Waals surface area contributed by atoms with Crippen molar-refractivity contribution in [3.63, 3.8) is 0 Å². The molecule has 0 saturated heterocycles. The van der Waals surface area contributed by atoms with Crippen molar-refractivity contribution in [1.29, 1.82) is 0 Å². The van der Waals surface area contributed by atoms with Crippen LogP contribution >= 0.6 is 0 Å². The molecule has 124 valence electrons. The van der Waals surface area contributed by atoms with Crippen LogP contribution in [-0.4, -0.2) is 24.9 Å². The van der Waals surface area contributed by atoms with Crippen molar-refractivity contribution in [3.8, 4) is 0 Å². The van der Waals surface area contributed by atoms with Crippen molar-refractivity contribution in [3.05, 3.63) is 17.0 Å². The molecule has 5 nitrogen and oxygen atoms in total. The molecule has 1 heterocycles. The molecule has 3 aliphatic carbocycles. The summed E-state index contributed by atoms with van der Waals surface area (Å²) in [6.45, 7) is 5.69. The molecule has 1 aromatic rings. The van der Waals surface area contributed by atoms with Gasteiger partial charge in [0.05, 0.1) is 10.9 Å². The molecule has 0 radical (unpaired) electrons. The lowest BCUT2D eigenvalue weighted by atomic mass is 9.70. The van der Waals surface area contributed by atoms with Gasteiger partial charge in [0, 0.05) is 11.6 Å². The molecule has 0 amide bonds. The number of aromatic nitrogens is 1. The van der Waals surface area contributed by atoms with E-state index >= 15 is 0 Å². The molecule has 0 spiro atoms. The van der Waals surface area contributed by atoms with E-state index in [0.29, 0.717) is 18.3 Å². The van der Waals surface area contributed by atoms with Crippen molar-refractivity contribution < 1.29 is 12.9 Å². The van der Waals surface area contributed by atoms with Gasteiger partial charge in [-0.1, -0.05) is 18.0 Å². The molecule has 6 heteroatoms. The molecule has 22 heavy (non-hydrogen) atoms. The normalized spacial score (nSPS) is 29.7. The topological polar surface area (TPSA) is 72.2 Å². The molecule has 2 bridgehead atoms. The van der Waals surface area contributed by atoms with Crippen LogP contribution in [-0.2, 0) is 16.4 Å². The van der Waals surface area contributed by atoms with Crippen LogP contribution in [0.1, 0.15) is 56.0 Å². The predicted molar refractivity (Wildman–Crippen MR) is 85.1 cm³/mol. The largest absolute Gasteiger partial charge is 0.361 e. The van der Waals surface area contributed by atoms with E-state index in [1.165, 1.54) is 12.8 Å². The van der Waals surface area contributed by atoms with Crippen LogP contribution in [0.3, 0.4) is 0 Å². The average Bonchev–Trinajstić information content (AvgIpc) is 2.80. The second kappa shape index (κ2) is 5.96. The Kier molecular flexibility index (Phi) is 4.34. The summed E-state index contributed by atoms with van der Waals surface area (Å²) in [5.74, 6) is 1.75. The van der Waals surface area contributed by atoms with Gasteiger partial charge in [-0.3, -0.25) is 0 Å². The number of aryl methyl sites for hydroxylation is 2. The SMILES string of the molecule is Cc1noc(C)c1CC(C)NS(=O)(=O)C1CC2CCC1CC2. The number of sulfonamides is 1. The molecule has 2 unspecified atom stereocenters. The molecular weight excluding hydrogens is 300 g/mol. The zero-order valence-corrected chi connectivity index (χ0v) is 14.4. The summed E-state index contributed by atoms with van der Waals surface area (Å²) in [6.07, 6.45) is 6.05. The van der Waals surface area contributed by atoms with Gasteiger partial charge < -0.3 is 4.52 Å². The maximum Gasteiger partial charge on any atom is 0.215 e. The Bertz CT molecular complexity index is 610. The number of hydrogen-bond acceptors (Lipinski definition) is 4. The molecule has 3 saturated carbocycles. The first-order valence-electron chi connectivity index (χ1n) is 8.29. The van der Waals surface area contributed by atoms with Gasteiger partial charge in [-0.15, -0.1) is 0 Å². The molecule has 0 aliphatic heterocycles. The van der Waals surface area contributed by atoms with E-state index in [0.717, 1.165) is 36.3 Å². The zero-order chi connectivity index (χ0) is 15.9. The standard InChI is InChI=1S/C16H26N2O3S/c1-10(8-15-11(2)17-21-12(15)3)18-22(19,20)16-9-13-4-6-14(16)7-5-13/h10,13-14,16,18H,4-9H2,1-3H3. The number of hydrogen-bond donors (Lipinski definition) is 1. The molecule has 3 aliphatic rings. The fourth-order valence-corrected chi connectivity index (χ4v) is 6.33. The second-order valence-corrected chi connectivity index (χ2v) is 9.06. The highest BCUT2D eigenvalue weighted by Crippen LogP contribution is 2.43. The van der Waals surface area contributed by atoms with Crippen LogP contribution in [0.2, 0.25) is 0 Å². The predicted octanol–water partition coefficient (Wildman–Crippen LogP) is 2.72. The van der Waals surface area contributed by atoms with Gasteiger partial charge in [-0.05, 0) is 58.3 Å². The number of nitrogens with one attached hydrogen (secondary N) is 1. The van der Waals surface area contributed by atoms with E-state index in [1.807, 2.05) is 20.8 Å². The lowest BCUT2D eigenvalue weighted by Gasteiger charge is -2.42.